The molecular weight excluding hydrogens is 260 g/mol. The molecule has 0 unspecified atom stereocenters. The summed E-state index contributed by atoms with van der Waals surface area (Å²) in [6.45, 7) is -0.115. The van der Waals surface area contributed by atoms with Crippen LogP contribution in [-0.4, -0.2) is 38.8 Å². The van der Waals surface area contributed by atoms with Crippen molar-refractivity contribution in [1.82, 2.24) is 19.9 Å². The molecule has 0 saturated carbocycles. The van der Waals surface area contributed by atoms with Crippen molar-refractivity contribution in [3.05, 3.63) is 39.4 Å². The Labute approximate surface area is 106 Å². The number of fused-ring (bicyclic) bond motifs is 1. The third-order valence-electron chi connectivity index (χ3n) is 2.13. The largest absolute Gasteiger partial charge is 0.395 e. The summed E-state index contributed by atoms with van der Waals surface area (Å²) in [5.74, 6) is -0.534. The van der Waals surface area contributed by atoms with Crippen LogP contribution in [0.1, 0.15) is 10.5 Å². The highest BCUT2D eigenvalue weighted by molar-refractivity contribution is 6.29. The Morgan fingerprint density at radius 3 is 3.00 bits per heavy atom. The van der Waals surface area contributed by atoms with Crippen LogP contribution in [-0.2, 0) is 0 Å². The van der Waals surface area contributed by atoms with E-state index in [1.807, 2.05) is 0 Å². The minimum absolute atomic E-state index is 0.0148. The lowest BCUT2D eigenvalue weighted by atomic mass is 10.3. The van der Waals surface area contributed by atoms with Crippen molar-refractivity contribution in [1.29, 1.82) is 0 Å². The summed E-state index contributed by atoms with van der Waals surface area (Å²) in [5.41, 5.74) is -0.310. The number of carbonyl (C=O) groups excluding carboxylic acids is 1. The smallest absolute Gasteiger partial charge is 0.274 e. The standard InChI is InChI=1S/C10H9ClN4O3/c11-7-1-2-8-13-9(17)5-6(15(8)14-7)10(18)12-3-4-16/h1-2,5,16H,3-4H2,(H,12,18). The summed E-state index contributed by atoms with van der Waals surface area (Å²) in [5, 5.41) is 15.1. The number of aromatic nitrogens is 3. The van der Waals surface area contributed by atoms with Crippen molar-refractivity contribution in [2.75, 3.05) is 13.2 Å². The van der Waals surface area contributed by atoms with Gasteiger partial charge >= 0.3 is 0 Å². The van der Waals surface area contributed by atoms with Crippen molar-refractivity contribution in [3.8, 4) is 0 Å². The Balaban J connectivity index is 2.57. The Kier molecular flexibility index (Phi) is 3.54. The van der Waals surface area contributed by atoms with Gasteiger partial charge in [-0.1, -0.05) is 11.6 Å². The number of nitrogens with one attached hydrogen (secondary N) is 1. The van der Waals surface area contributed by atoms with E-state index in [9.17, 15) is 9.59 Å². The average molecular weight is 269 g/mol. The summed E-state index contributed by atoms with van der Waals surface area (Å²) in [7, 11) is 0. The molecule has 7 nitrogen and oxygen atoms in total. The predicted molar refractivity (Wildman–Crippen MR) is 63.7 cm³/mol. The van der Waals surface area contributed by atoms with Crippen LogP contribution in [0.25, 0.3) is 5.65 Å². The fraction of sp³-hybridized carbons (Fsp3) is 0.200. The molecular formula is C10H9ClN4O3. The van der Waals surface area contributed by atoms with E-state index in [4.69, 9.17) is 16.7 Å². The summed E-state index contributed by atoms with van der Waals surface area (Å²) >= 11 is 5.73. The summed E-state index contributed by atoms with van der Waals surface area (Å²) in [6, 6.07) is 4.02. The molecule has 1 amide bonds. The third-order valence-corrected chi connectivity index (χ3v) is 2.33. The van der Waals surface area contributed by atoms with Gasteiger partial charge in [0.25, 0.3) is 11.5 Å². The highest BCUT2D eigenvalue weighted by Crippen LogP contribution is 2.06. The Morgan fingerprint density at radius 1 is 1.50 bits per heavy atom. The maximum absolute atomic E-state index is 11.8. The van der Waals surface area contributed by atoms with Crippen LogP contribution in [0.3, 0.4) is 0 Å². The minimum Gasteiger partial charge on any atom is -0.395 e. The Bertz CT molecular complexity index is 655. The summed E-state index contributed by atoms with van der Waals surface area (Å²) < 4.78 is 1.18. The highest BCUT2D eigenvalue weighted by atomic mass is 35.5. The van der Waals surface area contributed by atoms with E-state index in [1.54, 1.807) is 0 Å². The van der Waals surface area contributed by atoms with Gasteiger partial charge in [0.15, 0.2) is 5.65 Å². The van der Waals surface area contributed by atoms with Gasteiger partial charge in [-0.15, -0.1) is 0 Å². The molecule has 0 aromatic carbocycles. The molecule has 94 valence electrons. The molecule has 0 aliphatic heterocycles. The Morgan fingerprint density at radius 2 is 2.28 bits per heavy atom. The number of rotatable bonds is 3. The summed E-state index contributed by atoms with van der Waals surface area (Å²) in [4.78, 5) is 26.8. The molecule has 18 heavy (non-hydrogen) atoms. The highest BCUT2D eigenvalue weighted by Gasteiger charge is 2.12. The van der Waals surface area contributed by atoms with Gasteiger partial charge in [0, 0.05) is 12.6 Å². The quantitative estimate of drug-likeness (QED) is 0.780. The first-order valence-electron chi connectivity index (χ1n) is 5.07. The monoisotopic (exact) mass is 268 g/mol. The number of aliphatic hydroxyl groups excluding tert-OH is 1. The molecule has 0 aliphatic rings. The molecule has 0 atom stereocenters. The lowest BCUT2D eigenvalue weighted by molar-refractivity contribution is 0.0937. The van der Waals surface area contributed by atoms with E-state index in [0.717, 1.165) is 6.07 Å². The fourth-order valence-electron chi connectivity index (χ4n) is 1.40. The van der Waals surface area contributed by atoms with Gasteiger partial charge in [-0.3, -0.25) is 9.59 Å². The van der Waals surface area contributed by atoms with E-state index in [-0.39, 0.29) is 29.6 Å². The molecule has 2 N–H and O–H groups in total. The van der Waals surface area contributed by atoms with E-state index in [1.165, 1.54) is 16.6 Å². The molecule has 8 heteroatoms. The van der Waals surface area contributed by atoms with Gasteiger partial charge in [0.1, 0.15) is 10.8 Å². The van der Waals surface area contributed by atoms with Crippen LogP contribution in [0, 0.1) is 0 Å². The van der Waals surface area contributed by atoms with Crippen LogP contribution in [0.15, 0.2) is 23.0 Å². The molecule has 2 aromatic rings. The number of hydrogen-bond acceptors (Lipinski definition) is 5. The number of carbonyl (C=O) groups is 1. The van der Waals surface area contributed by atoms with Crippen molar-refractivity contribution >= 4 is 23.2 Å². The van der Waals surface area contributed by atoms with Crippen molar-refractivity contribution in [2.45, 2.75) is 0 Å². The van der Waals surface area contributed by atoms with Crippen molar-refractivity contribution < 1.29 is 9.90 Å². The van der Waals surface area contributed by atoms with Gasteiger partial charge in [0.05, 0.1) is 6.61 Å². The van der Waals surface area contributed by atoms with E-state index in [0.29, 0.717) is 0 Å². The first-order valence-corrected chi connectivity index (χ1v) is 5.45. The second-order valence-corrected chi connectivity index (χ2v) is 3.77. The molecule has 0 saturated heterocycles. The first kappa shape index (κ1) is 12.5. The fourth-order valence-corrected chi connectivity index (χ4v) is 1.54. The number of aliphatic hydroxyl groups is 1. The zero-order chi connectivity index (χ0) is 13.1. The van der Waals surface area contributed by atoms with Crippen LogP contribution in [0.5, 0.6) is 0 Å². The molecule has 2 aromatic heterocycles. The van der Waals surface area contributed by atoms with Crippen molar-refractivity contribution in [2.24, 2.45) is 0 Å². The normalized spacial score (nSPS) is 10.6. The van der Waals surface area contributed by atoms with E-state index in [2.05, 4.69) is 15.4 Å². The second-order valence-electron chi connectivity index (χ2n) is 3.39. The Hall–Kier alpha value is -1.99. The number of halogens is 1. The summed E-state index contributed by atoms with van der Waals surface area (Å²) in [6.07, 6.45) is 0. The van der Waals surface area contributed by atoms with Crippen molar-refractivity contribution in [3.63, 3.8) is 0 Å². The van der Waals surface area contributed by atoms with Gasteiger partial charge in [0.2, 0.25) is 0 Å². The first-order chi connectivity index (χ1) is 8.61. The van der Waals surface area contributed by atoms with E-state index < -0.39 is 11.5 Å². The molecule has 2 rings (SSSR count). The third kappa shape index (κ3) is 2.47. The topological polar surface area (TPSA) is 96.6 Å². The predicted octanol–water partition coefficient (Wildman–Crippen LogP) is -0.535. The molecule has 0 fully saturated rings. The van der Waals surface area contributed by atoms with Gasteiger partial charge in [-0.2, -0.15) is 10.1 Å². The lowest BCUT2D eigenvalue weighted by Crippen LogP contribution is -2.30. The number of hydrogen-bond donors (Lipinski definition) is 2. The molecule has 0 aliphatic carbocycles. The zero-order valence-electron chi connectivity index (χ0n) is 9.13. The van der Waals surface area contributed by atoms with Crippen LogP contribution < -0.4 is 10.9 Å². The maximum atomic E-state index is 11.8. The zero-order valence-corrected chi connectivity index (χ0v) is 9.89. The van der Waals surface area contributed by atoms with Crippen LogP contribution in [0.2, 0.25) is 5.15 Å². The minimum atomic E-state index is -0.548. The van der Waals surface area contributed by atoms with E-state index >= 15 is 0 Å². The molecule has 0 bridgehead atoms. The van der Waals surface area contributed by atoms with Gasteiger partial charge in [-0.05, 0) is 12.1 Å². The molecule has 2 heterocycles. The van der Waals surface area contributed by atoms with Gasteiger partial charge < -0.3 is 10.4 Å². The van der Waals surface area contributed by atoms with Crippen LogP contribution >= 0.6 is 11.6 Å². The number of nitrogens with zero attached hydrogens (tertiary/aromatic N) is 3. The average Bonchev–Trinajstić information content (AvgIpc) is 2.35. The lowest BCUT2D eigenvalue weighted by Gasteiger charge is -2.07. The van der Waals surface area contributed by atoms with Gasteiger partial charge in [-0.25, -0.2) is 4.52 Å². The second kappa shape index (κ2) is 5.11. The SMILES string of the molecule is O=C(NCCO)c1cc(=O)nc2ccc(Cl)nn12. The maximum Gasteiger partial charge on any atom is 0.274 e. The number of amides is 1. The molecule has 0 radical (unpaired) electrons. The molecule has 0 spiro atoms. The van der Waals surface area contributed by atoms with Crippen LogP contribution in [0.4, 0.5) is 0 Å².